The highest BCUT2D eigenvalue weighted by Gasteiger charge is 2.06. The minimum atomic E-state index is 0.790. The van der Waals surface area contributed by atoms with Crippen LogP contribution in [0.25, 0.3) is 11.0 Å². The van der Waals surface area contributed by atoms with Gasteiger partial charge in [-0.25, -0.2) is 4.98 Å². The molecule has 0 radical (unpaired) electrons. The second kappa shape index (κ2) is 8.70. The molecule has 144 valence electrons. The molecule has 2 aromatic heterocycles. The number of hydrogen-bond acceptors (Lipinski definition) is 3. The van der Waals surface area contributed by atoms with Gasteiger partial charge in [-0.05, 0) is 45.4 Å². The summed E-state index contributed by atoms with van der Waals surface area (Å²) in [6.45, 7) is 9.56. The van der Waals surface area contributed by atoms with E-state index in [1.54, 1.807) is 7.05 Å². The van der Waals surface area contributed by atoms with Crippen LogP contribution in [-0.2, 0) is 13.1 Å². The van der Waals surface area contributed by atoms with Crippen LogP contribution in [0.2, 0.25) is 0 Å². The number of para-hydroxylation sites is 2. The smallest absolute Gasteiger partial charge is 0.191 e. The maximum atomic E-state index is 4.61. The maximum Gasteiger partial charge on any atom is 0.191 e. The van der Waals surface area contributed by atoms with Crippen LogP contribution in [0.3, 0.4) is 0 Å². The summed E-state index contributed by atoms with van der Waals surface area (Å²) in [7, 11) is 1.80. The van der Waals surface area contributed by atoms with Gasteiger partial charge < -0.3 is 15.2 Å². The third kappa shape index (κ3) is 4.67. The van der Waals surface area contributed by atoms with E-state index >= 15 is 0 Å². The van der Waals surface area contributed by atoms with Gasteiger partial charge >= 0.3 is 0 Å². The molecule has 1 aromatic carbocycles. The summed E-state index contributed by atoms with van der Waals surface area (Å²) in [6.07, 6.45) is 0.994. The van der Waals surface area contributed by atoms with Gasteiger partial charge in [0.2, 0.25) is 0 Å². The topological polar surface area (TPSA) is 72.1 Å². The quantitative estimate of drug-likeness (QED) is 0.382. The minimum Gasteiger partial charge on any atom is -0.356 e. The molecule has 0 amide bonds. The van der Waals surface area contributed by atoms with Gasteiger partial charge in [0.25, 0.3) is 0 Å². The number of aryl methyl sites for hydroxylation is 4. The number of fused-ring (bicyclic) bond motifs is 1. The van der Waals surface area contributed by atoms with Crippen LogP contribution in [0.5, 0.6) is 0 Å². The molecular formula is C20H29N7. The van der Waals surface area contributed by atoms with E-state index in [0.29, 0.717) is 0 Å². The normalized spacial score (nSPS) is 11.9. The Morgan fingerprint density at radius 1 is 1.07 bits per heavy atom. The Balaban J connectivity index is 1.44. The zero-order valence-corrected chi connectivity index (χ0v) is 16.7. The van der Waals surface area contributed by atoms with Gasteiger partial charge in [0.1, 0.15) is 5.82 Å². The molecule has 0 bridgehead atoms. The van der Waals surface area contributed by atoms with Gasteiger partial charge in [-0.3, -0.25) is 9.67 Å². The average molecular weight is 368 g/mol. The number of aromatic nitrogens is 4. The predicted octanol–water partition coefficient (Wildman–Crippen LogP) is 2.41. The lowest BCUT2D eigenvalue weighted by atomic mass is 10.3. The number of aliphatic imine (C=N–C) groups is 1. The van der Waals surface area contributed by atoms with Crippen molar-refractivity contribution in [2.24, 2.45) is 4.99 Å². The van der Waals surface area contributed by atoms with Gasteiger partial charge in [-0.1, -0.05) is 12.1 Å². The van der Waals surface area contributed by atoms with Crippen LogP contribution in [0, 0.1) is 20.8 Å². The Labute approximate surface area is 160 Å². The molecule has 3 rings (SSSR count). The highest BCUT2D eigenvalue weighted by molar-refractivity contribution is 5.79. The van der Waals surface area contributed by atoms with Gasteiger partial charge in [0, 0.05) is 38.9 Å². The summed E-state index contributed by atoms with van der Waals surface area (Å²) in [6, 6.07) is 10.3. The fourth-order valence-corrected chi connectivity index (χ4v) is 3.32. The van der Waals surface area contributed by atoms with Gasteiger partial charge in [-0.2, -0.15) is 5.10 Å². The van der Waals surface area contributed by atoms with Crippen LogP contribution in [0.1, 0.15) is 23.6 Å². The van der Waals surface area contributed by atoms with E-state index in [4.69, 9.17) is 0 Å². The molecule has 0 aliphatic carbocycles. The number of rotatable bonds is 7. The summed E-state index contributed by atoms with van der Waals surface area (Å²) in [4.78, 5) is 8.92. The van der Waals surface area contributed by atoms with Crippen molar-refractivity contribution in [3.05, 3.63) is 47.5 Å². The standard InChI is InChI=1S/C20H29N7/c1-15-14-16(2)27(25-15)12-7-10-22-20(21-4)23-11-13-26-17(3)24-18-8-5-6-9-19(18)26/h5-6,8-9,14H,7,10-13H2,1-4H3,(H2,21,22,23). The fraction of sp³-hybridized carbons (Fsp3) is 0.450. The van der Waals surface area contributed by atoms with E-state index in [9.17, 15) is 0 Å². The summed E-state index contributed by atoms with van der Waals surface area (Å²) in [5, 5.41) is 11.2. The molecule has 3 aromatic rings. The molecule has 7 heteroatoms. The van der Waals surface area contributed by atoms with E-state index in [1.807, 2.05) is 19.9 Å². The highest BCUT2D eigenvalue weighted by atomic mass is 15.3. The summed E-state index contributed by atoms with van der Waals surface area (Å²) >= 11 is 0. The molecule has 0 aliphatic rings. The fourth-order valence-electron chi connectivity index (χ4n) is 3.32. The highest BCUT2D eigenvalue weighted by Crippen LogP contribution is 2.14. The van der Waals surface area contributed by atoms with Crippen molar-refractivity contribution >= 4 is 17.0 Å². The lowest BCUT2D eigenvalue weighted by Crippen LogP contribution is -2.39. The molecule has 0 saturated carbocycles. The van der Waals surface area contributed by atoms with Gasteiger partial charge in [0.15, 0.2) is 5.96 Å². The molecule has 2 heterocycles. The van der Waals surface area contributed by atoms with Crippen molar-refractivity contribution < 1.29 is 0 Å². The zero-order valence-electron chi connectivity index (χ0n) is 16.7. The Morgan fingerprint density at radius 2 is 1.85 bits per heavy atom. The third-order valence-corrected chi connectivity index (χ3v) is 4.64. The van der Waals surface area contributed by atoms with Crippen LogP contribution < -0.4 is 10.6 Å². The molecule has 27 heavy (non-hydrogen) atoms. The van der Waals surface area contributed by atoms with Crippen LogP contribution in [0.4, 0.5) is 0 Å². The molecule has 2 N–H and O–H groups in total. The first-order valence-corrected chi connectivity index (χ1v) is 9.46. The zero-order chi connectivity index (χ0) is 19.2. The van der Waals surface area contributed by atoms with Crippen molar-refractivity contribution in [3.8, 4) is 0 Å². The number of hydrogen-bond donors (Lipinski definition) is 2. The lowest BCUT2D eigenvalue weighted by Gasteiger charge is -2.13. The second-order valence-electron chi connectivity index (χ2n) is 6.73. The number of nitrogens with one attached hydrogen (secondary N) is 2. The molecule has 0 saturated heterocycles. The SMILES string of the molecule is CN=C(NCCCn1nc(C)cc1C)NCCn1c(C)nc2ccccc21. The number of benzene rings is 1. The lowest BCUT2D eigenvalue weighted by molar-refractivity contribution is 0.554. The van der Waals surface area contributed by atoms with Crippen molar-refractivity contribution in [2.75, 3.05) is 20.1 Å². The first kappa shape index (κ1) is 18.9. The number of imidazole rings is 1. The molecule has 0 unspecified atom stereocenters. The van der Waals surface area contributed by atoms with Crippen LogP contribution >= 0.6 is 0 Å². The minimum absolute atomic E-state index is 0.790. The maximum absolute atomic E-state index is 4.61. The van der Waals surface area contributed by atoms with E-state index in [0.717, 1.165) is 55.6 Å². The van der Waals surface area contributed by atoms with E-state index in [2.05, 4.69) is 66.1 Å². The van der Waals surface area contributed by atoms with Gasteiger partial charge in [-0.15, -0.1) is 0 Å². The average Bonchev–Trinajstić information content (AvgIpc) is 3.15. The Hall–Kier alpha value is -2.83. The first-order valence-electron chi connectivity index (χ1n) is 9.46. The van der Waals surface area contributed by atoms with E-state index in [1.165, 1.54) is 11.2 Å². The molecule has 0 fully saturated rings. The van der Waals surface area contributed by atoms with E-state index < -0.39 is 0 Å². The van der Waals surface area contributed by atoms with Crippen molar-refractivity contribution in [1.29, 1.82) is 0 Å². The molecule has 0 spiro atoms. The number of guanidine groups is 1. The van der Waals surface area contributed by atoms with E-state index in [-0.39, 0.29) is 0 Å². The predicted molar refractivity (Wildman–Crippen MR) is 110 cm³/mol. The van der Waals surface area contributed by atoms with Crippen molar-refractivity contribution in [1.82, 2.24) is 30.0 Å². The second-order valence-corrected chi connectivity index (χ2v) is 6.73. The molecule has 7 nitrogen and oxygen atoms in total. The molecule has 0 aliphatic heterocycles. The molecular weight excluding hydrogens is 338 g/mol. The molecule has 0 atom stereocenters. The van der Waals surface area contributed by atoms with Crippen molar-refractivity contribution in [3.63, 3.8) is 0 Å². The van der Waals surface area contributed by atoms with Crippen molar-refractivity contribution in [2.45, 2.75) is 40.3 Å². The van der Waals surface area contributed by atoms with Gasteiger partial charge in [0.05, 0.1) is 16.7 Å². The Bertz CT molecular complexity index is 920. The monoisotopic (exact) mass is 367 g/mol. The van der Waals surface area contributed by atoms with Crippen LogP contribution in [0.15, 0.2) is 35.3 Å². The Morgan fingerprint density at radius 3 is 2.59 bits per heavy atom. The number of nitrogens with zero attached hydrogens (tertiary/aromatic N) is 5. The summed E-state index contributed by atoms with van der Waals surface area (Å²) in [5.41, 5.74) is 4.49. The van der Waals surface area contributed by atoms with Crippen LogP contribution in [-0.4, -0.2) is 45.4 Å². The summed E-state index contributed by atoms with van der Waals surface area (Å²) < 4.78 is 4.29. The third-order valence-electron chi connectivity index (χ3n) is 4.64. The summed E-state index contributed by atoms with van der Waals surface area (Å²) in [5.74, 6) is 1.86. The Kier molecular flexibility index (Phi) is 6.11. The largest absolute Gasteiger partial charge is 0.356 e. The first-order chi connectivity index (χ1) is 13.1.